The molecule has 11 aromatic carbocycles. The van der Waals surface area contributed by atoms with Crippen LogP contribution in [0.5, 0.6) is 0 Å². The van der Waals surface area contributed by atoms with E-state index in [1.807, 2.05) is 23.1 Å². The Morgan fingerprint density at radius 2 is 0.875 bits per heavy atom. The second kappa shape index (κ2) is 15.1. The molecule has 72 heavy (non-hydrogen) atoms. The summed E-state index contributed by atoms with van der Waals surface area (Å²) in [4.78, 5) is 5.17. The third-order valence-corrected chi connectivity index (χ3v) is 18.3. The van der Waals surface area contributed by atoms with Crippen molar-refractivity contribution in [3.8, 4) is 22.3 Å². The molecule has 336 valence electrons. The zero-order chi connectivity index (χ0) is 47.1. The van der Waals surface area contributed by atoms with Gasteiger partial charge in [-0.1, -0.05) is 194 Å². The highest BCUT2D eigenvalue weighted by molar-refractivity contribution is 7.99. The lowest BCUT2D eigenvalue weighted by Gasteiger charge is -2.39. The molecule has 0 saturated carbocycles. The molecule has 2 nitrogen and oxygen atoms in total. The lowest BCUT2D eigenvalue weighted by atomic mass is 9.67. The first-order chi connectivity index (χ1) is 35.7. The van der Waals surface area contributed by atoms with Crippen molar-refractivity contribution in [2.75, 3.05) is 4.90 Å². The van der Waals surface area contributed by atoms with Crippen molar-refractivity contribution in [3.05, 3.63) is 293 Å². The second-order valence-electron chi connectivity index (χ2n) is 19.4. The van der Waals surface area contributed by atoms with Crippen molar-refractivity contribution in [1.29, 1.82) is 0 Å². The van der Waals surface area contributed by atoms with Crippen LogP contribution in [0.25, 0.3) is 64.4 Å². The fourth-order valence-electron chi connectivity index (χ4n) is 13.3. The molecule has 0 saturated heterocycles. The van der Waals surface area contributed by atoms with Gasteiger partial charge >= 0.3 is 0 Å². The maximum Gasteiger partial charge on any atom is 0.137 e. The second-order valence-corrected chi connectivity index (χ2v) is 21.5. The van der Waals surface area contributed by atoms with E-state index in [0.717, 1.165) is 39.0 Å². The molecule has 1 aliphatic heterocycles. The molecule has 0 atom stereocenters. The summed E-state index contributed by atoms with van der Waals surface area (Å²) in [5, 5.41) is 4.69. The first-order valence-corrected chi connectivity index (χ1v) is 26.4. The number of rotatable bonds is 5. The SMILES string of the molecule is c1ccc(C2(c3ccccc3)c3ccccc3-c3ccc(N(c4cccc5oc6ccccc6c45)c4cccc5sc6cc7c(cc6c45)-c4ccccc4C74c5ccccc5Sc5ccccc54)cc32)cc1. The van der Waals surface area contributed by atoms with Gasteiger partial charge in [-0.05, 0) is 133 Å². The number of benzene rings is 11. The van der Waals surface area contributed by atoms with Gasteiger partial charge in [0.2, 0.25) is 0 Å². The van der Waals surface area contributed by atoms with Gasteiger partial charge in [0.15, 0.2) is 0 Å². The molecule has 2 aromatic heterocycles. The Morgan fingerprint density at radius 1 is 0.333 bits per heavy atom. The zero-order valence-electron chi connectivity index (χ0n) is 38.8. The summed E-state index contributed by atoms with van der Waals surface area (Å²) in [5.41, 5.74) is 19.6. The summed E-state index contributed by atoms with van der Waals surface area (Å²) in [5.74, 6) is 0. The highest BCUT2D eigenvalue weighted by atomic mass is 32.2. The van der Waals surface area contributed by atoms with E-state index in [2.05, 4.69) is 254 Å². The average Bonchev–Trinajstić information content (AvgIpc) is 4.18. The van der Waals surface area contributed by atoms with Crippen molar-refractivity contribution in [3.63, 3.8) is 0 Å². The fraction of sp³-hybridized carbons (Fsp3) is 0.0294. The number of anilines is 3. The number of hydrogen-bond donors (Lipinski definition) is 0. The highest BCUT2D eigenvalue weighted by Gasteiger charge is 2.51. The minimum Gasteiger partial charge on any atom is -0.456 e. The third-order valence-electron chi connectivity index (χ3n) is 16.0. The predicted molar refractivity (Wildman–Crippen MR) is 300 cm³/mol. The van der Waals surface area contributed by atoms with E-state index in [1.165, 1.54) is 96.7 Å². The number of nitrogens with zero attached hydrogens (tertiary/aromatic N) is 1. The van der Waals surface area contributed by atoms with Gasteiger partial charge in [-0.15, -0.1) is 11.3 Å². The molecule has 3 heterocycles. The molecule has 2 aliphatic carbocycles. The van der Waals surface area contributed by atoms with Crippen LogP contribution in [0, 0.1) is 0 Å². The molecule has 0 bridgehead atoms. The standard InChI is InChI=1S/C68H41NOS2/c1-3-19-42(20-4-1)67(43-21-5-2-6-22-43)51-26-10-7-23-45(51)47-38-37-44(39-55(47)67)69(57-30-17-33-60-65(57)48-25-9-14-32-59(48)70-60)58-31-18-36-63-66(58)50-40-49-46-24-8-11-27-52(46)68(56(49)41-64(50)72-63)53-28-12-15-34-61(53)71-62-35-16-13-29-54(62)68/h1-41H. The number of fused-ring (bicyclic) bond motifs is 18. The van der Waals surface area contributed by atoms with Gasteiger partial charge in [0.05, 0.1) is 27.6 Å². The molecule has 16 rings (SSSR count). The maximum absolute atomic E-state index is 6.69. The lowest BCUT2D eigenvalue weighted by Crippen LogP contribution is -2.31. The summed E-state index contributed by atoms with van der Waals surface area (Å²) in [7, 11) is 0. The monoisotopic (exact) mass is 951 g/mol. The van der Waals surface area contributed by atoms with E-state index >= 15 is 0 Å². The number of thiophene rings is 1. The Hall–Kier alpha value is -8.41. The Labute approximate surface area is 425 Å². The molecule has 0 N–H and O–H groups in total. The minimum absolute atomic E-state index is 0.451. The number of furan rings is 1. The van der Waals surface area contributed by atoms with Gasteiger partial charge in [0, 0.05) is 41.0 Å². The molecule has 0 amide bonds. The predicted octanol–water partition coefficient (Wildman–Crippen LogP) is 18.6. The lowest BCUT2D eigenvalue weighted by molar-refractivity contribution is 0.669. The van der Waals surface area contributed by atoms with Gasteiger partial charge in [0.1, 0.15) is 11.2 Å². The molecule has 0 radical (unpaired) electrons. The Morgan fingerprint density at radius 3 is 1.60 bits per heavy atom. The van der Waals surface area contributed by atoms with Crippen LogP contribution in [0.2, 0.25) is 0 Å². The summed E-state index contributed by atoms with van der Waals surface area (Å²) < 4.78 is 9.21. The van der Waals surface area contributed by atoms with E-state index in [1.54, 1.807) is 0 Å². The fourth-order valence-corrected chi connectivity index (χ4v) is 15.6. The summed E-state index contributed by atoms with van der Waals surface area (Å²) in [6.07, 6.45) is 0. The number of para-hydroxylation sites is 1. The molecule has 13 aromatic rings. The van der Waals surface area contributed by atoms with E-state index in [4.69, 9.17) is 4.42 Å². The van der Waals surface area contributed by atoms with E-state index < -0.39 is 10.8 Å². The van der Waals surface area contributed by atoms with Crippen molar-refractivity contribution in [2.45, 2.75) is 20.6 Å². The molecular formula is C68H41NOS2. The van der Waals surface area contributed by atoms with Crippen LogP contribution in [0.15, 0.2) is 263 Å². The highest BCUT2D eigenvalue weighted by Crippen LogP contribution is 2.64. The molecular weight excluding hydrogens is 911 g/mol. The van der Waals surface area contributed by atoms with Crippen molar-refractivity contribution in [1.82, 2.24) is 0 Å². The van der Waals surface area contributed by atoms with Crippen molar-refractivity contribution < 1.29 is 4.42 Å². The van der Waals surface area contributed by atoms with Crippen molar-refractivity contribution in [2.24, 2.45) is 0 Å². The Bertz CT molecular complexity index is 4310. The van der Waals surface area contributed by atoms with E-state index in [-0.39, 0.29) is 0 Å². The van der Waals surface area contributed by atoms with Gasteiger partial charge in [-0.25, -0.2) is 0 Å². The molecule has 0 unspecified atom stereocenters. The van der Waals surface area contributed by atoms with Crippen LogP contribution in [-0.2, 0) is 10.8 Å². The smallest absolute Gasteiger partial charge is 0.137 e. The van der Waals surface area contributed by atoms with Crippen LogP contribution in [0.1, 0.15) is 44.5 Å². The Kier molecular flexibility index (Phi) is 8.43. The van der Waals surface area contributed by atoms with E-state index in [0.29, 0.717) is 0 Å². The maximum atomic E-state index is 6.69. The first kappa shape index (κ1) is 40.3. The van der Waals surface area contributed by atoms with Crippen LogP contribution in [0.3, 0.4) is 0 Å². The molecule has 4 heteroatoms. The largest absolute Gasteiger partial charge is 0.456 e. The number of hydrogen-bond acceptors (Lipinski definition) is 4. The van der Waals surface area contributed by atoms with E-state index in [9.17, 15) is 0 Å². The van der Waals surface area contributed by atoms with Crippen LogP contribution in [0.4, 0.5) is 17.1 Å². The third kappa shape index (κ3) is 5.25. The molecule has 3 aliphatic rings. The molecule has 1 spiro atoms. The summed E-state index contributed by atoms with van der Waals surface area (Å²) >= 11 is 3.80. The van der Waals surface area contributed by atoms with Crippen molar-refractivity contribution >= 4 is 82.3 Å². The van der Waals surface area contributed by atoms with Gasteiger partial charge in [-0.2, -0.15) is 0 Å². The van der Waals surface area contributed by atoms with Gasteiger partial charge in [-0.3, -0.25) is 0 Å². The quantitative estimate of drug-likeness (QED) is 0.171. The topological polar surface area (TPSA) is 16.4 Å². The average molecular weight is 952 g/mol. The van der Waals surface area contributed by atoms with Gasteiger partial charge < -0.3 is 9.32 Å². The Balaban J connectivity index is 1.00. The summed E-state index contributed by atoms with van der Waals surface area (Å²) in [6.45, 7) is 0. The zero-order valence-corrected chi connectivity index (χ0v) is 40.5. The van der Waals surface area contributed by atoms with Gasteiger partial charge in [0.25, 0.3) is 0 Å². The first-order valence-electron chi connectivity index (χ1n) is 24.7. The van der Waals surface area contributed by atoms with Crippen LogP contribution >= 0.6 is 23.1 Å². The molecule has 0 fully saturated rings. The van der Waals surface area contributed by atoms with Crippen LogP contribution in [-0.4, -0.2) is 0 Å². The summed E-state index contributed by atoms with van der Waals surface area (Å²) in [6, 6.07) is 92.9. The van der Waals surface area contributed by atoms with Crippen LogP contribution < -0.4 is 4.90 Å². The minimum atomic E-state index is -0.565. The normalized spacial score (nSPS) is 14.3.